The molecule has 150 valence electrons. The Balaban J connectivity index is 1.80. The van der Waals surface area contributed by atoms with Crippen molar-refractivity contribution in [3.05, 3.63) is 95.6 Å². The van der Waals surface area contributed by atoms with E-state index in [1.807, 2.05) is 60.7 Å². The molecule has 4 atom stereocenters. The number of aromatic hydroxyl groups is 1. The topological polar surface area (TPSA) is 78.4 Å². The van der Waals surface area contributed by atoms with Crippen molar-refractivity contribution < 1.29 is 14.7 Å². The summed E-state index contributed by atoms with van der Waals surface area (Å²) in [5.41, 5.74) is 1.90. The standard InChI is InChI=1S/C25H22N2O3/c1-15(28)21-22(17-11-5-8-14-20(17)29)25(27-23(21)16-9-3-2-4-10-16)18-12-6-7-13-19(18)26-24(25)30/h2-14,21-23,27,29H,1H3,(H,26,30)/t21-,22-,23-,25+/m1/s1. The zero-order valence-electron chi connectivity index (χ0n) is 16.5. The molecule has 30 heavy (non-hydrogen) atoms. The summed E-state index contributed by atoms with van der Waals surface area (Å²) in [6.45, 7) is 1.56. The van der Waals surface area contributed by atoms with Crippen LogP contribution in [0.5, 0.6) is 5.75 Å². The van der Waals surface area contributed by atoms with Gasteiger partial charge in [-0.25, -0.2) is 0 Å². The van der Waals surface area contributed by atoms with Crippen molar-refractivity contribution in [1.82, 2.24) is 5.32 Å². The average Bonchev–Trinajstić information content (AvgIpc) is 3.26. The molecule has 2 aliphatic rings. The molecule has 3 N–H and O–H groups in total. The van der Waals surface area contributed by atoms with E-state index in [0.717, 1.165) is 16.8 Å². The molecule has 1 amide bonds. The van der Waals surface area contributed by atoms with Crippen LogP contribution in [0, 0.1) is 5.92 Å². The molecule has 3 aromatic carbocycles. The quantitative estimate of drug-likeness (QED) is 0.626. The number of benzene rings is 3. The molecule has 0 unspecified atom stereocenters. The minimum Gasteiger partial charge on any atom is -0.508 e. The van der Waals surface area contributed by atoms with E-state index >= 15 is 0 Å². The third-order valence-corrected chi connectivity index (χ3v) is 6.43. The second-order valence-corrected chi connectivity index (χ2v) is 8.01. The third-order valence-electron chi connectivity index (χ3n) is 6.43. The van der Waals surface area contributed by atoms with Crippen LogP contribution in [0.1, 0.15) is 35.6 Å². The molecule has 1 fully saturated rings. The Morgan fingerprint density at radius 1 is 0.933 bits per heavy atom. The van der Waals surface area contributed by atoms with Crippen molar-refractivity contribution in [3.63, 3.8) is 0 Å². The van der Waals surface area contributed by atoms with Crippen LogP contribution in [0.2, 0.25) is 0 Å². The molecule has 3 aromatic rings. The number of hydrogen-bond donors (Lipinski definition) is 3. The maximum absolute atomic E-state index is 13.5. The molecule has 5 nitrogen and oxygen atoms in total. The minimum absolute atomic E-state index is 0.0290. The second kappa shape index (κ2) is 6.82. The van der Waals surface area contributed by atoms with Crippen LogP contribution in [-0.4, -0.2) is 16.8 Å². The van der Waals surface area contributed by atoms with E-state index in [4.69, 9.17) is 0 Å². The van der Waals surface area contributed by atoms with Crippen molar-refractivity contribution in [3.8, 4) is 5.75 Å². The monoisotopic (exact) mass is 398 g/mol. The van der Waals surface area contributed by atoms with E-state index in [2.05, 4.69) is 10.6 Å². The van der Waals surface area contributed by atoms with Gasteiger partial charge >= 0.3 is 0 Å². The number of para-hydroxylation sites is 2. The highest BCUT2D eigenvalue weighted by molar-refractivity contribution is 6.08. The van der Waals surface area contributed by atoms with Gasteiger partial charge in [0.05, 0.1) is 0 Å². The molecule has 0 bridgehead atoms. The van der Waals surface area contributed by atoms with Crippen LogP contribution in [-0.2, 0) is 15.1 Å². The number of carbonyl (C=O) groups excluding carboxylic acids is 2. The van der Waals surface area contributed by atoms with Gasteiger partial charge < -0.3 is 10.4 Å². The molecule has 5 rings (SSSR count). The number of ketones is 1. The molecular formula is C25H22N2O3. The van der Waals surface area contributed by atoms with Gasteiger partial charge in [-0.3, -0.25) is 14.9 Å². The normalized spacial score (nSPS) is 27.1. The van der Waals surface area contributed by atoms with Crippen LogP contribution in [0.15, 0.2) is 78.9 Å². The number of phenolic OH excluding ortho intramolecular Hbond substituents is 1. The van der Waals surface area contributed by atoms with E-state index in [-0.39, 0.29) is 23.5 Å². The third kappa shape index (κ3) is 2.52. The molecule has 2 aliphatic heterocycles. The Kier molecular flexibility index (Phi) is 4.22. The van der Waals surface area contributed by atoms with Crippen molar-refractivity contribution in [1.29, 1.82) is 0 Å². The van der Waals surface area contributed by atoms with E-state index < -0.39 is 17.4 Å². The van der Waals surface area contributed by atoms with Gasteiger partial charge in [0.1, 0.15) is 17.1 Å². The van der Waals surface area contributed by atoms with Gasteiger partial charge in [-0.2, -0.15) is 0 Å². The van der Waals surface area contributed by atoms with Crippen molar-refractivity contribution in [2.45, 2.75) is 24.4 Å². The first-order valence-corrected chi connectivity index (χ1v) is 10.1. The summed E-state index contributed by atoms with van der Waals surface area (Å²) in [7, 11) is 0. The zero-order valence-corrected chi connectivity index (χ0v) is 16.5. The molecular weight excluding hydrogens is 376 g/mol. The number of rotatable bonds is 3. The summed E-state index contributed by atoms with van der Waals surface area (Å²) in [4.78, 5) is 26.6. The highest BCUT2D eigenvalue weighted by atomic mass is 16.3. The number of fused-ring (bicyclic) bond motifs is 2. The number of hydrogen-bond acceptors (Lipinski definition) is 4. The molecule has 5 heteroatoms. The first-order chi connectivity index (χ1) is 14.5. The molecule has 1 spiro atoms. The summed E-state index contributed by atoms with van der Waals surface area (Å²) in [6, 6.07) is 23.9. The summed E-state index contributed by atoms with van der Waals surface area (Å²) >= 11 is 0. The molecule has 1 saturated heterocycles. The Morgan fingerprint density at radius 3 is 2.33 bits per heavy atom. The largest absolute Gasteiger partial charge is 0.508 e. The van der Waals surface area contributed by atoms with Crippen molar-refractivity contribution in [2.75, 3.05) is 5.32 Å². The highest BCUT2D eigenvalue weighted by Crippen LogP contribution is 2.58. The average molecular weight is 398 g/mol. The lowest BCUT2D eigenvalue weighted by Crippen LogP contribution is -2.47. The molecule has 0 saturated carbocycles. The van der Waals surface area contributed by atoms with Crippen LogP contribution in [0.4, 0.5) is 5.69 Å². The highest BCUT2D eigenvalue weighted by Gasteiger charge is 2.63. The number of carbonyl (C=O) groups is 2. The predicted molar refractivity (Wildman–Crippen MR) is 114 cm³/mol. The maximum atomic E-state index is 13.5. The van der Waals surface area contributed by atoms with Gasteiger partial charge in [0, 0.05) is 34.7 Å². The van der Waals surface area contributed by atoms with Crippen LogP contribution in [0.25, 0.3) is 0 Å². The van der Waals surface area contributed by atoms with Crippen LogP contribution >= 0.6 is 0 Å². The fourth-order valence-electron chi connectivity index (χ4n) is 5.22. The maximum Gasteiger partial charge on any atom is 0.250 e. The van der Waals surface area contributed by atoms with E-state index in [0.29, 0.717) is 5.56 Å². The lowest BCUT2D eigenvalue weighted by molar-refractivity contribution is -0.123. The second-order valence-electron chi connectivity index (χ2n) is 8.01. The van der Waals surface area contributed by atoms with Gasteiger partial charge in [-0.1, -0.05) is 66.7 Å². The van der Waals surface area contributed by atoms with Crippen molar-refractivity contribution >= 4 is 17.4 Å². The van der Waals surface area contributed by atoms with E-state index in [1.165, 1.54) is 0 Å². The molecule has 0 aliphatic carbocycles. The molecule has 0 aromatic heterocycles. The number of phenols is 1. The SMILES string of the molecule is CC(=O)[C@H]1[C@@H](c2ccccc2)N[C@]2(C(=O)Nc3ccccc32)[C@@H]1c1ccccc1O. The Morgan fingerprint density at radius 2 is 1.60 bits per heavy atom. The summed E-state index contributed by atoms with van der Waals surface area (Å²) < 4.78 is 0. The Hall–Kier alpha value is -3.44. The van der Waals surface area contributed by atoms with Crippen LogP contribution in [0.3, 0.4) is 0 Å². The van der Waals surface area contributed by atoms with E-state index in [1.54, 1.807) is 25.1 Å². The number of Topliss-reactive ketones (excluding diaryl/α,β-unsaturated/α-hetero) is 1. The van der Waals surface area contributed by atoms with Gasteiger partial charge in [0.15, 0.2) is 0 Å². The predicted octanol–water partition coefficient (Wildman–Crippen LogP) is 3.87. The fraction of sp³-hybridized carbons (Fsp3) is 0.200. The first-order valence-electron chi connectivity index (χ1n) is 10.1. The van der Waals surface area contributed by atoms with Gasteiger partial charge in [0.25, 0.3) is 0 Å². The first kappa shape index (κ1) is 18.6. The molecule has 2 heterocycles. The van der Waals surface area contributed by atoms with Gasteiger partial charge in [-0.15, -0.1) is 0 Å². The summed E-state index contributed by atoms with van der Waals surface area (Å²) in [5, 5.41) is 17.3. The minimum atomic E-state index is -1.16. The van der Waals surface area contributed by atoms with Gasteiger partial charge in [0.2, 0.25) is 5.91 Å². The smallest absolute Gasteiger partial charge is 0.250 e. The number of amides is 1. The molecule has 0 radical (unpaired) electrons. The van der Waals surface area contributed by atoms with Gasteiger partial charge in [-0.05, 0) is 24.6 Å². The van der Waals surface area contributed by atoms with Crippen molar-refractivity contribution in [2.24, 2.45) is 5.92 Å². The summed E-state index contributed by atoms with van der Waals surface area (Å²) in [6.07, 6.45) is 0. The number of anilines is 1. The van der Waals surface area contributed by atoms with E-state index in [9.17, 15) is 14.7 Å². The Labute approximate surface area is 174 Å². The van der Waals surface area contributed by atoms with Crippen LogP contribution < -0.4 is 10.6 Å². The Bertz CT molecular complexity index is 1140. The lowest BCUT2D eigenvalue weighted by atomic mass is 9.70. The lowest BCUT2D eigenvalue weighted by Gasteiger charge is -2.32. The fourth-order valence-corrected chi connectivity index (χ4v) is 5.22. The summed E-state index contributed by atoms with van der Waals surface area (Å²) in [5.74, 6) is -1.25. The number of nitrogens with one attached hydrogen (secondary N) is 2. The zero-order chi connectivity index (χ0) is 20.9.